The summed E-state index contributed by atoms with van der Waals surface area (Å²) in [6, 6.07) is 0.155. The maximum Gasteiger partial charge on any atom is 0.233 e. The molecule has 4 heteroatoms. The molecule has 3 unspecified atom stereocenters. The molecule has 3 atom stereocenters. The topological polar surface area (TPSA) is 51.0 Å². The fourth-order valence-corrected chi connectivity index (χ4v) is 3.04. The lowest BCUT2D eigenvalue weighted by molar-refractivity contribution is 0.400. The van der Waals surface area contributed by atoms with Gasteiger partial charge in [-0.15, -0.1) is 10.2 Å². The number of hydrogen-bond acceptors (Lipinski definition) is 4. The average Bonchev–Trinajstić information content (AvgIpc) is 2.86. The van der Waals surface area contributed by atoms with E-state index in [1.165, 1.54) is 25.7 Å². The molecule has 0 aromatic carbocycles. The number of nitrogens with one attached hydrogen (secondary N) is 1. The van der Waals surface area contributed by atoms with E-state index in [2.05, 4.69) is 15.5 Å². The van der Waals surface area contributed by atoms with Gasteiger partial charge in [0.1, 0.15) is 0 Å². The fourth-order valence-electron chi connectivity index (χ4n) is 3.04. The van der Waals surface area contributed by atoms with E-state index < -0.39 is 0 Å². The quantitative estimate of drug-likeness (QED) is 0.850. The van der Waals surface area contributed by atoms with Gasteiger partial charge in [0.05, 0.1) is 6.04 Å². The molecule has 1 aromatic rings. The van der Waals surface area contributed by atoms with Crippen LogP contribution in [0.3, 0.4) is 0 Å². The number of hydrogen-bond donors (Lipinski definition) is 1. The predicted octanol–water partition coefficient (Wildman–Crippen LogP) is 2.25. The second kappa shape index (κ2) is 3.84. The van der Waals surface area contributed by atoms with Gasteiger partial charge in [-0.2, -0.15) is 0 Å². The maximum absolute atomic E-state index is 5.77. The summed E-state index contributed by atoms with van der Waals surface area (Å²) in [7, 11) is 1.91. The summed E-state index contributed by atoms with van der Waals surface area (Å²) >= 11 is 0. The van der Waals surface area contributed by atoms with E-state index in [1.54, 1.807) is 0 Å². The van der Waals surface area contributed by atoms with E-state index in [4.69, 9.17) is 4.42 Å². The standard InChI is InChI=1S/C12H19N3O/c1-7(13-2)11-14-15-12(16-11)10-8-5-3-4-6-9(8)10/h7-10,13H,3-6H2,1-2H3. The lowest BCUT2D eigenvalue weighted by atomic mass is 10.0. The van der Waals surface area contributed by atoms with Crippen LogP contribution in [0.25, 0.3) is 0 Å². The van der Waals surface area contributed by atoms with Crippen molar-refractivity contribution < 1.29 is 4.42 Å². The Balaban J connectivity index is 1.74. The molecule has 0 bridgehead atoms. The zero-order chi connectivity index (χ0) is 11.1. The Morgan fingerprint density at radius 1 is 1.25 bits per heavy atom. The van der Waals surface area contributed by atoms with Gasteiger partial charge in [0, 0.05) is 5.92 Å². The predicted molar refractivity (Wildman–Crippen MR) is 60.0 cm³/mol. The van der Waals surface area contributed by atoms with Crippen LogP contribution in [0.5, 0.6) is 0 Å². The van der Waals surface area contributed by atoms with Crippen LogP contribution < -0.4 is 5.32 Å². The van der Waals surface area contributed by atoms with Gasteiger partial charge in [0.15, 0.2) is 0 Å². The van der Waals surface area contributed by atoms with Crippen LogP contribution in [0.1, 0.15) is 56.3 Å². The van der Waals surface area contributed by atoms with Crippen molar-refractivity contribution in [1.82, 2.24) is 15.5 Å². The largest absolute Gasteiger partial charge is 0.423 e. The van der Waals surface area contributed by atoms with E-state index >= 15 is 0 Å². The smallest absolute Gasteiger partial charge is 0.233 e. The van der Waals surface area contributed by atoms with Crippen molar-refractivity contribution >= 4 is 0 Å². The molecule has 0 aliphatic heterocycles. The molecule has 0 saturated heterocycles. The minimum absolute atomic E-state index is 0.155. The molecule has 3 rings (SSSR count). The normalized spacial score (nSPS) is 34.5. The molecule has 0 amide bonds. The molecule has 2 aliphatic carbocycles. The number of rotatable bonds is 3. The van der Waals surface area contributed by atoms with Crippen molar-refractivity contribution in [3.63, 3.8) is 0 Å². The van der Waals surface area contributed by atoms with Gasteiger partial charge in [-0.05, 0) is 38.6 Å². The molecule has 1 heterocycles. The van der Waals surface area contributed by atoms with Gasteiger partial charge in [-0.1, -0.05) is 12.8 Å². The highest BCUT2D eigenvalue weighted by atomic mass is 16.4. The van der Waals surface area contributed by atoms with E-state index in [-0.39, 0.29) is 6.04 Å². The molecule has 16 heavy (non-hydrogen) atoms. The van der Waals surface area contributed by atoms with E-state index in [1.807, 2.05) is 14.0 Å². The summed E-state index contributed by atoms with van der Waals surface area (Å²) in [6.07, 6.45) is 5.47. The molecule has 2 saturated carbocycles. The Morgan fingerprint density at radius 3 is 2.56 bits per heavy atom. The summed E-state index contributed by atoms with van der Waals surface area (Å²) < 4.78 is 5.77. The third-order valence-electron chi connectivity index (χ3n) is 4.20. The van der Waals surface area contributed by atoms with Crippen molar-refractivity contribution in [1.29, 1.82) is 0 Å². The van der Waals surface area contributed by atoms with Crippen molar-refractivity contribution in [3.05, 3.63) is 11.8 Å². The van der Waals surface area contributed by atoms with Gasteiger partial charge in [-0.25, -0.2) is 0 Å². The van der Waals surface area contributed by atoms with Gasteiger partial charge in [0.2, 0.25) is 11.8 Å². The SMILES string of the molecule is CNC(C)c1nnc(C2C3CCCCC32)o1. The Hall–Kier alpha value is -0.900. The maximum atomic E-state index is 5.77. The summed E-state index contributed by atoms with van der Waals surface area (Å²) in [5, 5.41) is 11.5. The van der Waals surface area contributed by atoms with E-state index in [9.17, 15) is 0 Å². The Bertz CT molecular complexity index is 364. The van der Waals surface area contributed by atoms with Crippen LogP contribution in [-0.2, 0) is 0 Å². The minimum atomic E-state index is 0.155. The highest BCUT2D eigenvalue weighted by molar-refractivity contribution is 5.14. The zero-order valence-corrected chi connectivity index (χ0v) is 9.94. The number of nitrogens with zero attached hydrogens (tertiary/aromatic N) is 2. The first-order chi connectivity index (χ1) is 7.81. The van der Waals surface area contributed by atoms with Crippen molar-refractivity contribution in [2.24, 2.45) is 11.8 Å². The Kier molecular flexibility index (Phi) is 2.46. The van der Waals surface area contributed by atoms with Gasteiger partial charge < -0.3 is 9.73 Å². The molecule has 2 aliphatic rings. The lowest BCUT2D eigenvalue weighted by Crippen LogP contribution is -2.12. The van der Waals surface area contributed by atoms with Gasteiger partial charge >= 0.3 is 0 Å². The van der Waals surface area contributed by atoms with E-state index in [0.717, 1.165) is 23.6 Å². The second-order valence-corrected chi connectivity index (χ2v) is 5.13. The first-order valence-electron chi connectivity index (χ1n) is 6.32. The lowest BCUT2D eigenvalue weighted by Gasteiger charge is -2.04. The first-order valence-corrected chi connectivity index (χ1v) is 6.32. The van der Waals surface area contributed by atoms with Crippen LogP contribution in [-0.4, -0.2) is 17.2 Å². The third-order valence-corrected chi connectivity index (χ3v) is 4.20. The summed E-state index contributed by atoms with van der Waals surface area (Å²) in [4.78, 5) is 0. The third kappa shape index (κ3) is 1.56. The number of aromatic nitrogens is 2. The van der Waals surface area contributed by atoms with Crippen LogP contribution in [0.4, 0.5) is 0 Å². The van der Waals surface area contributed by atoms with Crippen LogP contribution in [0.15, 0.2) is 4.42 Å². The van der Waals surface area contributed by atoms with Crippen molar-refractivity contribution in [2.75, 3.05) is 7.05 Å². The molecule has 88 valence electrons. The minimum Gasteiger partial charge on any atom is -0.423 e. The molecular weight excluding hydrogens is 202 g/mol. The molecule has 4 nitrogen and oxygen atoms in total. The molecule has 1 N–H and O–H groups in total. The Labute approximate surface area is 95.8 Å². The van der Waals surface area contributed by atoms with Crippen LogP contribution >= 0.6 is 0 Å². The molecule has 0 spiro atoms. The molecular formula is C12H19N3O. The fraction of sp³-hybridized carbons (Fsp3) is 0.833. The van der Waals surface area contributed by atoms with Gasteiger partial charge in [-0.3, -0.25) is 0 Å². The highest BCUT2D eigenvalue weighted by Crippen LogP contribution is 2.60. The van der Waals surface area contributed by atoms with Crippen molar-refractivity contribution in [2.45, 2.75) is 44.6 Å². The highest BCUT2D eigenvalue weighted by Gasteiger charge is 2.54. The van der Waals surface area contributed by atoms with Crippen LogP contribution in [0, 0.1) is 11.8 Å². The summed E-state index contributed by atoms with van der Waals surface area (Å²) in [6.45, 7) is 2.04. The molecule has 0 radical (unpaired) electrons. The molecule has 1 aromatic heterocycles. The second-order valence-electron chi connectivity index (χ2n) is 5.13. The molecule has 2 fully saturated rings. The first kappa shape index (κ1) is 10.3. The monoisotopic (exact) mass is 221 g/mol. The zero-order valence-electron chi connectivity index (χ0n) is 9.94. The average molecular weight is 221 g/mol. The van der Waals surface area contributed by atoms with Crippen molar-refractivity contribution in [3.8, 4) is 0 Å². The van der Waals surface area contributed by atoms with Gasteiger partial charge in [0.25, 0.3) is 0 Å². The van der Waals surface area contributed by atoms with Crippen LogP contribution in [0.2, 0.25) is 0 Å². The van der Waals surface area contributed by atoms with E-state index in [0.29, 0.717) is 5.92 Å². The number of fused-ring (bicyclic) bond motifs is 1. The Morgan fingerprint density at radius 2 is 1.94 bits per heavy atom. The summed E-state index contributed by atoms with van der Waals surface area (Å²) in [5.41, 5.74) is 0. The summed E-state index contributed by atoms with van der Waals surface area (Å²) in [5.74, 6) is 3.86.